The summed E-state index contributed by atoms with van der Waals surface area (Å²) in [6.45, 7) is 0.345. The van der Waals surface area contributed by atoms with Crippen LogP contribution in [0.3, 0.4) is 0 Å². The first kappa shape index (κ1) is 16.0. The highest BCUT2D eigenvalue weighted by Crippen LogP contribution is 2.10. The summed E-state index contributed by atoms with van der Waals surface area (Å²) in [6, 6.07) is 16.0. The number of amides is 2. The lowest BCUT2D eigenvalue weighted by atomic mass is 10.2. The zero-order valence-electron chi connectivity index (χ0n) is 11.7. The molecule has 2 rings (SSSR count). The average Bonchev–Trinajstić information content (AvgIpc) is 2.53. The van der Waals surface area contributed by atoms with Gasteiger partial charge in [0.15, 0.2) is 0 Å². The number of nitrogens with one attached hydrogen (secondary N) is 2. The number of hydrogen-bond donors (Lipinski definition) is 2. The first-order valence-electron chi connectivity index (χ1n) is 6.68. The third-order valence-electron chi connectivity index (χ3n) is 2.75. The molecule has 0 bridgehead atoms. The molecule has 0 atom stereocenters. The zero-order valence-corrected chi connectivity index (χ0v) is 13.3. The summed E-state index contributed by atoms with van der Waals surface area (Å²) >= 11 is 3.31. The molecule has 2 N–H and O–H groups in total. The topological polar surface area (TPSA) is 67.4 Å². The first-order valence-corrected chi connectivity index (χ1v) is 7.47. The highest BCUT2D eigenvalue weighted by Gasteiger charge is 2.06. The normalized spacial score (nSPS) is 9.86. The zero-order chi connectivity index (χ0) is 15.8. The van der Waals surface area contributed by atoms with Crippen LogP contribution in [0.1, 0.15) is 10.4 Å². The van der Waals surface area contributed by atoms with Crippen LogP contribution in [0.25, 0.3) is 0 Å². The fraction of sp³-hybridized carbons (Fsp3) is 0.125. The number of halogens is 1. The lowest BCUT2D eigenvalue weighted by Crippen LogP contribution is -2.28. The highest BCUT2D eigenvalue weighted by molar-refractivity contribution is 9.10. The van der Waals surface area contributed by atoms with Gasteiger partial charge in [0, 0.05) is 15.7 Å². The molecule has 0 aromatic heterocycles. The molecule has 114 valence electrons. The van der Waals surface area contributed by atoms with Crippen molar-refractivity contribution in [3.63, 3.8) is 0 Å². The highest BCUT2D eigenvalue weighted by atomic mass is 79.9. The maximum Gasteiger partial charge on any atom is 0.411 e. The minimum absolute atomic E-state index is 0.0981. The first-order chi connectivity index (χ1) is 10.6. The van der Waals surface area contributed by atoms with Gasteiger partial charge in [-0.05, 0) is 36.4 Å². The van der Waals surface area contributed by atoms with Crippen LogP contribution in [0.15, 0.2) is 59.1 Å². The molecule has 0 aliphatic heterocycles. The number of carbonyl (C=O) groups excluding carboxylic acids is 2. The molecule has 0 aliphatic rings. The third-order valence-corrected chi connectivity index (χ3v) is 3.28. The van der Waals surface area contributed by atoms with Crippen LogP contribution in [0, 0.1) is 0 Å². The van der Waals surface area contributed by atoms with Crippen molar-refractivity contribution in [3.8, 4) is 0 Å². The average molecular weight is 363 g/mol. The van der Waals surface area contributed by atoms with Crippen LogP contribution >= 0.6 is 15.9 Å². The van der Waals surface area contributed by atoms with E-state index in [0.29, 0.717) is 11.3 Å². The van der Waals surface area contributed by atoms with Gasteiger partial charge in [0.1, 0.15) is 6.61 Å². The van der Waals surface area contributed by atoms with Crippen LogP contribution in [0.2, 0.25) is 0 Å². The van der Waals surface area contributed by atoms with Crippen molar-refractivity contribution in [2.75, 3.05) is 18.5 Å². The van der Waals surface area contributed by atoms with Crippen molar-refractivity contribution in [3.05, 3.63) is 64.6 Å². The van der Waals surface area contributed by atoms with Crippen molar-refractivity contribution in [1.29, 1.82) is 0 Å². The summed E-state index contributed by atoms with van der Waals surface area (Å²) in [4.78, 5) is 23.3. The molecule has 0 unspecified atom stereocenters. The smallest absolute Gasteiger partial charge is 0.411 e. The molecule has 0 fully saturated rings. The van der Waals surface area contributed by atoms with E-state index >= 15 is 0 Å². The largest absolute Gasteiger partial charge is 0.447 e. The molecular weight excluding hydrogens is 348 g/mol. The van der Waals surface area contributed by atoms with Gasteiger partial charge in [-0.2, -0.15) is 0 Å². The van der Waals surface area contributed by atoms with E-state index in [1.54, 1.807) is 36.4 Å². The predicted octanol–water partition coefficient (Wildman–Crippen LogP) is 3.43. The van der Waals surface area contributed by atoms with Gasteiger partial charge >= 0.3 is 6.09 Å². The molecule has 2 aromatic carbocycles. The monoisotopic (exact) mass is 362 g/mol. The molecule has 0 aliphatic carbocycles. The summed E-state index contributed by atoms with van der Waals surface area (Å²) in [5, 5.41) is 5.27. The minimum Gasteiger partial charge on any atom is -0.447 e. The second-order valence-electron chi connectivity index (χ2n) is 4.39. The summed E-state index contributed by atoms with van der Waals surface area (Å²) in [5.74, 6) is -0.209. The Kier molecular flexibility index (Phi) is 5.97. The SMILES string of the molecule is O=C(Nc1ccccc1)OCCNC(=O)c1ccc(Br)cc1. The van der Waals surface area contributed by atoms with E-state index in [4.69, 9.17) is 4.74 Å². The Morgan fingerprint density at radius 1 is 1.00 bits per heavy atom. The van der Waals surface area contributed by atoms with Crippen molar-refractivity contribution >= 4 is 33.6 Å². The van der Waals surface area contributed by atoms with E-state index < -0.39 is 6.09 Å². The quantitative estimate of drug-likeness (QED) is 0.800. The van der Waals surface area contributed by atoms with Gasteiger partial charge in [0.25, 0.3) is 5.91 Å². The molecule has 0 heterocycles. The fourth-order valence-electron chi connectivity index (χ4n) is 1.69. The van der Waals surface area contributed by atoms with Gasteiger partial charge in [0.05, 0.1) is 6.54 Å². The molecule has 0 saturated heterocycles. The van der Waals surface area contributed by atoms with Crippen LogP contribution in [0.5, 0.6) is 0 Å². The van der Waals surface area contributed by atoms with E-state index in [2.05, 4.69) is 26.6 Å². The number of para-hydroxylation sites is 1. The third kappa shape index (κ3) is 5.21. The number of anilines is 1. The fourth-order valence-corrected chi connectivity index (χ4v) is 1.95. The molecule has 22 heavy (non-hydrogen) atoms. The molecule has 0 spiro atoms. The Labute approximate surface area is 136 Å². The Balaban J connectivity index is 1.67. The maximum atomic E-state index is 11.8. The van der Waals surface area contributed by atoms with Crippen LogP contribution in [-0.2, 0) is 4.74 Å². The van der Waals surface area contributed by atoms with E-state index in [-0.39, 0.29) is 19.1 Å². The van der Waals surface area contributed by atoms with Crippen LogP contribution in [-0.4, -0.2) is 25.2 Å². The van der Waals surface area contributed by atoms with Crippen molar-refractivity contribution < 1.29 is 14.3 Å². The van der Waals surface area contributed by atoms with Crippen molar-refractivity contribution in [1.82, 2.24) is 5.32 Å². The predicted molar refractivity (Wildman–Crippen MR) is 87.9 cm³/mol. The van der Waals surface area contributed by atoms with Gasteiger partial charge in [-0.25, -0.2) is 4.79 Å². The lowest BCUT2D eigenvalue weighted by molar-refractivity contribution is 0.0938. The molecule has 6 heteroatoms. The summed E-state index contributed by atoms with van der Waals surface area (Å²) in [7, 11) is 0. The maximum absolute atomic E-state index is 11.8. The molecule has 0 radical (unpaired) electrons. The van der Waals surface area contributed by atoms with Gasteiger partial charge in [-0.1, -0.05) is 34.1 Å². The lowest BCUT2D eigenvalue weighted by Gasteiger charge is -2.08. The molecular formula is C16H15BrN2O3. The Morgan fingerprint density at radius 2 is 1.68 bits per heavy atom. The molecule has 5 nitrogen and oxygen atoms in total. The van der Waals surface area contributed by atoms with E-state index in [1.807, 2.05) is 18.2 Å². The van der Waals surface area contributed by atoms with Gasteiger partial charge < -0.3 is 10.1 Å². The Bertz CT molecular complexity index is 630. The second kappa shape index (κ2) is 8.19. The minimum atomic E-state index is -0.552. The second-order valence-corrected chi connectivity index (χ2v) is 5.31. The van der Waals surface area contributed by atoms with Crippen molar-refractivity contribution in [2.24, 2.45) is 0 Å². The van der Waals surface area contributed by atoms with Gasteiger partial charge in [-0.15, -0.1) is 0 Å². The number of carbonyl (C=O) groups is 2. The van der Waals surface area contributed by atoms with E-state index in [9.17, 15) is 9.59 Å². The van der Waals surface area contributed by atoms with Gasteiger partial charge in [0.2, 0.25) is 0 Å². The van der Waals surface area contributed by atoms with Crippen LogP contribution < -0.4 is 10.6 Å². The Morgan fingerprint density at radius 3 is 2.36 bits per heavy atom. The summed E-state index contributed by atoms with van der Waals surface area (Å²) in [5.41, 5.74) is 1.21. The van der Waals surface area contributed by atoms with Crippen molar-refractivity contribution in [2.45, 2.75) is 0 Å². The summed E-state index contributed by atoms with van der Waals surface area (Å²) in [6.07, 6.45) is -0.552. The standard InChI is InChI=1S/C16H15BrN2O3/c17-13-8-6-12(7-9-13)15(20)18-10-11-22-16(21)19-14-4-2-1-3-5-14/h1-9H,10-11H2,(H,18,20)(H,19,21). The van der Waals surface area contributed by atoms with E-state index in [1.165, 1.54) is 0 Å². The Hall–Kier alpha value is -2.34. The molecule has 2 amide bonds. The number of benzene rings is 2. The summed E-state index contributed by atoms with van der Waals surface area (Å²) < 4.78 is 5.89. The number of rotatable bonds is 5. The molecule has 2 aromatic rings. The number of hydrogen-bond acceptors (Lipinski definition) is 3. The number of ether oxygens (including phenoxy) is 1. The van der Waals surface area contributed by atoms with Gasteiger partial charge in [-0.3, -0.25) is 10.1 Å². The molecule has 0 saturated carbocycles. The van der Waals surface area contributed by atoms with E-state index in [0.717, 1.165) is 4.47 Å². The van der Waals surface area contributed by atoms with Crippen LogP contribution in [0.4, 0.5) is 10.5 Å².